The highest BCUT2D eigenvalue weighted by molar-refractivity contribution is 5.91. The van der Waals surface area contributed by atoms with Crippen LogP contribution in [0.1, 0.15) is 12.8 Å². The lowest BCUT2D eigenvalue weighted by atomic mass is 10.4. The maximum absolute atomic E-state index is 11.5. The van der Waals surface area contributed by atoms with Crippen LogP contribution < -0.4 is 10.6 Å². The summed E-state index contributed by atoms with van der Waals surface area (Å²) in [6, 6.07) is 0. The Morgan fingerprint density at radius 3 is 1.39 bits per heavy atom. The normalized spacial score (nSPS) is 10.9. The van der Waals surface area contributed by atoms with Crippen molar-refractivity contribution in [3.8, 4) is 0 Å². The van der Waals surface area contributed by atoms with Crippen LogP contribution in [0.2, 0.25) is 0 Å². The Bertz CT molecular complexity index is 488. The van der Waals surface area contributed by atoms with Crippen LogP contribution in [0.3, 0.4) is 0 Å². The summed E-state index contributed by atoms with van der Waals surface area (Å²) in [7, 11) is 7.18. The fourth-order valence-electron chi connectivity index (χ4n) is 1.86. The number of hydrogen-bond acceptors (Lipinski definition) is 8. The lowest BCUT2D eigenvalue weighted by Crippen LogP contribution is -2.34. The van der Waals surface area contributed by atoms with Crippen molar-refractivity contribution in [3.05, 3.63) is 12.2 Å². The molecule has 0 radical (unpaired) electrons. The van der Waals surface area contributed by atoms with Gasteiger partial charge in [0, 0.05) is 25.2 Å². The first-order valence-electron chi connectivity index (χ1n) is 9.05. The second kappa shape index (κ2) is 15.6. The van der Waals surface area contributed by atoms with E-state index in [0.29, 0.717) is 39.0 Å². The minimum absolute atomic E-state index is 0.101. The number of esters is 2. The first-order chi connectivity index (χ1) is 13.2. The molecule has 0 rings (SSSR count). The highest BCUT2D eigenvalue weighted by Crippen LogP contribution is 1.90. The van der Waals surface area contributed by atoms with Crippen molar-refractivity contribution in [1.29, 1.82) is 0 Å². The van der Waals surface area contributed by atoms with E-state index >= 15 is 0 Å². The van der Waals surface area contributed by atoms with Crippen molar-refractivity contribution in [2.75, 3.05) is 67.6 Å². The summed E-state index contributed by atoms with van der Waals surface area (Å²) in [5.41, 5.74) is 0. The zero-order valence-electron chi connectivity index (χ0n) is 17.2. The predicted molar refractivity (Wildman–Crippen MR) is 103 cm³/mol. The monoisotopic (exact) mass is 400 g/mol. The van der Waals surface area contributed by atoms with Gasteiger partial charge in [-0.1, -0.05) is 0 Å². The van der Waals surface area contributed by atoms with Gasteiger partial charge in [0.2, 0.25) is 11.8 Å². The van der Waals surface area contributed by atoms with Gasteiger partial charge >= 0.3 is 11.9 Å². The van der Waals surface area contributed by atoms with Crippen LogP contribution in [0.4, 0.5) is 0 Å². The first kappa shape index (κ1) is 25.5. The summed E-state index contributed by atoms with van der Waals surface area (Å²) in [5.74, 6) is -1.52. The average Bonchev–Trinajstić information content (AvgIpc) is 2.58. The number of hydrogen-bond donors (Lipinski definition) is 2. The summed E-state index contributed by atoms with van der Waals surface area (Å²) >= 11 is 0. The van der Waals surface area contributed by atoms with Gasteiger partial charge in [-0.05, 0) is 41.0 Å². The van der Waals surface area contributed by atoms with E-state index in [2.05, 4.69) is 10.6 Å². The Balaban J connectivity index is 3.70. The summed E-state index contributed by atoms with van der Waals surface area (Å²) < 4.78 is 9.82. The molecule has 2 amide bonds. The molecule has 0 atom stereocenters. The van der Waals surface area contributed by atoms with Gasteiger partial charge in [0.15, 0.2) is 0 Å². The van der Waals surface area contributed by atoms with Gasteiger partial charge in [0.05, 0.1) is 26.3 Å². The van der Waals surface area contributed by atoms with Gasteiger partial charge in [0.25, 0.3) is 0 Å². The predicted octanol–water partition coefficient (Wildman–Crippen LogP) is -1.24. The largest absolute Gasteiger partial charge is 0.462 e. The molecule has 0 aliphatic carbocycles. The van der Waals surface area contributed by atoms with E-state index in [1.807, 2.05) is 0 Å². The SMILES string of the molecule is CN(C)CC(=O)NCCCOC(=O)/C=C/C(=O)OCCCNC(=O)CN(C)C. The summed E-state index contributed by atoms with van der Waals surface area (Å²) in [6.45, 7) is 1.66. The smallest absolute Gasteiger partial charge is 0.331 e. The van der Waals surface area contributed by atoms with Gasteiger partial charge in [-0.3, -0.25) is 9.59 Å². The van der Waals surface area contributed by atoms with E-state index in [1.54, 1.807) is 38.0 Å². The third-order valence-corrected chi connectivity index (χ3v) is 3.05. The molecule has 0 aromatic rings. The third-order valence-electron chi connectivity index (χ3n) is 3.05. The van der Waals surface area contributed by atoms with Crippen LogP contribution in [0.5, 0.6) is 0 Å². The van der Waals surface area contributed by atoms with Crippen LogP contribution in [-0.4, -0.2) is 101 Å². The maximum Gasteiger partial charge on any atom is 0.331 e. The second-order valence-electron chi connectivity index (χ2n) is 6.55. The topological polar surface area (TPSA) is 117 Å². The van der Waals surface area contributed by atoms with E-state index < -0.39 is 11.9 Å². The molecule has 0 bridgehead atoms. The number of nitrogens with one attached hydrogen (secondary N) is 2. The van der Waals surface area contributed by atoms with Crippen LogP contribution in [0.15, 0.2) is 12.2 Å². The second-order valence-corrected chi connectivity index (χ2v) is 6.55. The minimum atomic E-state index is -0.660. The number of amides is 2. The van der Waals surface area contributed by atoms with Gasteiger partial charge in [-0.2, -0.15) is 0 Å². The van der Waals surface area contributed by atoms with Gasteiger partial charge in [-0.15, -0.1) is 0 Å². The van der Waals surface area contributed by atoms with Crippen molar-refractivity contribution in [1.82, 2.24) is 20.4 Å². The molecule has 0 spiro atoms. The number of likely N-dealkylation sites (N-methyl/N-ethyl adjacent to an activating group) is 2. The fourth-order valence-corrected chi connectivity index (χ4v) is 1.86. The molecule has 28 heavy (non-hydrogen) atoms. The number of carbonyl (C=O) groups is 4. The highest BCUT2D eigenvalue weighted by Gasteiger charge is 2.04. The molecular weight excluding hydrogens is 368 g/mol. The zero-order valence-corrected chi connectivity index (χ0v) is 17.2. The maximum atomic E-state index is 11.5. The van der Waals surface area contributed by atoms with Gasteiger partial charge in [-0.25, -0.2) is 9.59 Å². The Kier molecular flexibility index (Phi) is 14.2. The number of rotatable bonds is 14. The third kappa shape index (κ3) is 17.0. The Hall–Kier alpha value is -2.46. The summed E-state index contributed by atoms with van der Waals surface area (Å²) in [5, 5.41) is 5.39. The Morgan fingerprint density at radius 2 is 1.07 bits per heavy atom. The van der Waals surface area contributed by atoms with Crippen molar-refractivity contribution < 1.29 is 28.7 Å². The molecule has 10 nitrogen and oxygen atoms in total. The van der Waals surface area contributed by atoms with Crippen molar-refractivity contribution in [2.45, 2.75) is 12.8 Å². The van der Waals surface area contributed by atoms with Gasteiger partial charge in [0.1, 0.15) is 0 Å². The summed E-state index contributed by atoms with van der Waals surface area (Å²) in [4.78, 5) is 49.2. The Labute approximate surface area is 166 Å². The van der Waals surface area contributed by atoms with Crippen LogP contribution >= 0.6 is 0 Å². The molecule has 0 aliphatic heterocycles. The highest BCUT2D eigenvalue weighted by atomic mass is 16.5. The molecule has 0 aromatic heterocycles. The van der Waals surface area contributed by atoms with Crippen molar-refractivity contribution in [2.24, 2.45) is 0 Å². The molecule has 160 valence electrons. The van der Waals surface area contributed by atoms with E-state index in [1.165, 1.54) is 0 Å². The summed E-state index contributed by atoms with van der Waals surface area (Å²) in [6.07, 6.45) is 2.93. The molecule has 0 saturated heterocycles. The van der Waals surface area contributed by atoms with E-state index in [9.17, 15) is 19.2 Å². The molecule has 0 unspecified atom stereocenters. The fraction of sp³-hybridized carbons (Fsp3) is 0.667. The molecule has 0 heterocycles. The number of carbonyl (C=O) groups excluding carboxylic acids is 4. The quantitative estimate of drug-likeness (QED) is 0.211. The van der Waals surface area contributed by atoms with E-state index in [4.69, 9.17) is 9.47 Å². The number of ether oxygens (including phenoxy) is 2. The standard InChI is InChI=1S/C18H32N4O6/c1-21(2)13-15(23)19-9-5-11-27-17(25)7-8-18(26)28-12-6-10-20-16(24)14-22(3)4/h7-8H,5-6,9-14H2,1-4H3,(H,19,23)(H,20,24)/b8-7+. The molecule has 0 aliphatic rings. The molecule has 2 N–H and O–H groups in total. The lowest BCUT2D eigenvalue weighted by Gasteiger charge is -2.10. The number of nitrogens with zero attached hydrogens (tertiary/aromatic N) is 2. The van der Waals surface area contributed by atoms with Gasteiger partial charge < -0.3 is 29.9 Å². The van der Waals surface area contributed by atoms with Crippen LogP contribution in [-0.2, 0) is 28.7 Å². The molecule has 0 saturated carbocycles. The molecule has 0 aromatic carbocycles. The minimum Gasteiger partial charge on any atom is -0.462 e. The van der Waals surface area contributed by atoms with Crippen LogP contribution in [0.25, 0.3) is 0 Å². The lowest BCUT2D eigenvalue weighted by molar-refractivity contribution is -0.140. The first-order valence-corrected chi connectivity index (χ1v) is 9.05. The molecular formula is C18H32N4O6. The zero-order chi connectivity index (χ0) is 21.4. The average molecular weight is 400 g/mol. The van der Waals surface area contributed by atoms with Crippen molar-refractivity contribution >= 4 is 23.8 Å². The Morgan fingerprint density at radius 1 is 0.714 bits per heavy atom. The molecule has 10 heteroatoms. The van der Waals surface area contributed by atoms with E-state index in [0.717, 1.165) is 12.2 Å². The molecule has 0 fully saturated rings. The van der Waals surface area contributed by atoms with Crippen molar-refractivity contribution in [3.63, 3.8) is 0 Å². The van der Waals surface area contributed by atoms with E-state index in [-0.39, 0.29) is 25.0 Å². The van der Waals surface area contributed by atoms with Crippen LogP contribution in [0, 0.1) is 0 Å².